The van der Waals surface area contributed by atoms with Crippen molar-refractivity contribution in [2.75, 3.05) is 27.6 Å². The number of aliphatic hydroxyl groups is 1. The summed E-state index contributed by atoms with van der Waals surface area (Å²) in [4.78, 5) is 0.850. The van der Waals surface area contributed by atoms with Crippen molar-refractivity contribution >= 4 is 0 Å². The summed E-state index contributed by atoms with van der Waals surface area (Å²) in [5.41, 5.74) is -4.18. The van der Waals surface area contributed by atoms with Gasteiger partial charge in [0.15, 0.2) is 0 Å². The van der Waals surface area contributed by atoms with Gasteiger partial charge in [0.1, 0.15) is 5.75 Å². The molecule has 1 saturated carbocycles. The summed E-state index contributed by atoms with van der Waals surface area (Å²) >= 11 is 0. The quantitative estimate of drug-likeness (QED) is 0.905. The summed E-state index contributed by atoms with van der Waals surface area (Å²) in [6.45, 7) is -2.86. The van der Waals surface area contributed by atoms with Gasteiger partial charge in [-0.05, 0) is 44.5 Å². The summed E-state index contributed by atoms with van der Waals surface area (Å²) in [6, 6.07) is 4.12. The average Bonchev–Trinajstić information content (AvgIpc) is 2.66. The van der Waals surface area contributed by atoms with Crippen LogP contribution in [0.5, 0.6) is 5.75 Å². The SMILES string of the molecule is [2H]C([2H])([2H])Oc1ccc([C@@H](C([2H])([2H])N(C)C)C2(O)C([2H])([2H])C([2H])([2H])C([2H])([2H])C([2H])([2H])C2([2H])[2H])cc1. The Hall–Kier alpha value is -1.06. The van der Waals surface area contributed by atoms with E-state index in [0.29, 0.717) is 0 Å². The summed E-state index contributed by atoms with van der Waals surface area (Å²) in [7, 11) is -0.481. The van der Waals surface area contributed by atoms with E-state index in [2.05, 4.69) is 0 Å². The molecule has 0 radical (unpaired) electrons. The second-order valence-electron chi connectivity index (χ2n) is 4.52. The van der Waals surface area contributed by atoms with Crippen LogP contribution >= 0.6 is 0 Å². The van der Waals surface area contributed by atoms with Crippen LogP contribution in [-0.4, -0.2) is 43.2 Å². The van der Waals surface area contributed by atoms with E-state index >= 15 is 0 Å². The maximum absolute atomic E-state index is 11.8. The lowest BCUT2D eigenvalue weighted by atomic mass is 9.72. The number of benzene rings is 1. The third kappa shape index (κ3) is 3.53. The lowest BCUT2D eigenvalue weighted by Crippen LogP contribution is -2.42. The van der Waals surface area contributed by atoms with Crippen molar-refractivity contribution in [2.45, 2.75) is 43.4 Å². The van der Waals surface area contributed by atoms with E-state index in [4.69, 9.17) is 25.3 Å². The van der Waals surface area contributed by atoms with Gasteiger partial charge in [0.2, 0.25) is 0 Å². The van der Waals surface area contributed by atoms with Crippen LogP contribution in [0.4, 0.5) is 0 Å². The molecular formula is C17H27NO2. The second-order valence-corrected chi connectivity index (χ2v) is 4.52. The summed E-state index contributed by atoms with van der Waals surface area (Å²) in [6.07, 6.45) is -19.2. The molecule has 0 amide bonds. The van der Waals surface area contributed by atoms with Crippen molar-refractivity contribution < 1.29 is 30.4 Å². The molecule has 0 aromatic heterocycles. The van der Waals surface area contributed by atoms with Gasteiger partial charge in [-0.25, -0.2) is 0 Å². The van der Waals surface area contributed by atoms with E-state index in [1.54, 1.807) is 0 Å². The summed E-state index contributed by atoms with van der Waals surface area (Å²) < 4.78 is 126. The zero-order chi connectivity index (χ0) is 27.8. The van der Waals surface area contributed by atoms with Crippen molar-refractivity contribution in [1.29, 1.82) is 0 Å². The fourth-order valence-corrected chi connectivity index (χ4v) is 1.86. The van der Waals surface area contributed by atoms with Crippen molar-refractivity contribution in [3.05, 3.63) is 29.8 Å². The number of nitrogens with zero attached hydrogens (tertiary/aromatic N) is 1. The molecule has 3 nitrogen and oxygen atoms in total. The van der Waals surface area contributed by atoms with Crippen LogP contribution in [0.2, 0.25) is 0 Å². The van der Waals surface area contributed by atoms with Gasteiger partial charge < -0.3 is 14.7 Å². The van der Waals surface area contributed by atoms with E-state index in [0.717, 1.165) is 29.2 Å². The topological polar surface area (TPSA) is 32.7 Å². The molecule has 1 aliphatic carbocycles. The average molecular weight is 292 g/mol. The lowest BCUT2D eigenvalue weighted by molar-refractivity contribution is -0.0277. The molecule has 1 fully saturated rings. The fraction of sp³-hybridized carbons (Fsp3) is 0.647. The first-order valence-corrected chi connectivity index (χ1v) is 5.94. The van der Waals surface area contributed by atoms with Gasteiger partial charge in [-0.2, -0.15) is 0 Å². The van der Waals surface area contributed by atoms with Crippen molar-refractivity contribution in [2.24, 2.45) is 0 Å². The van der Waals surface area contributed by atoms with Gasteiger partial charge in [0.05, 0.1) is 16.8 Å². The first-order valence-electron chi connectivity index (χ1n) is 13.4. The van der Waals surface area contributed by atoms with Crippen LogP contribution in [0.1, 0.15) is 63.9 Å². The minimum atomic E-state index is -3.89. The van der Waals surface area contributed by atoms with E-state index < -0.39 is 56.9 Å². The van der Waals surface area contributed by atoms with E-state index in [-0.39, 0.29) is 11.3 Å². The predicted octanol–water partition coefficient (Wildman–Crippen LogP) is 3.04. The first kappa shape index (κ1) is 4.99. The molecule has 0 bridgehead atoms. The van der Waals surface area contributed by atoms with Crippen molar-refractivity contribution in [3.63, 3.8) is 0 Å². The Kier molecular flexibility index (Phi) is 1.65. The monoisotopic (exact) mass is 292 g/mol. The van der Waals surface area contributed by atoms with E-state index in [9.17, 15) is 5.11 Å². The maximum atomic E-state index is 11.8. The number of rotatable bonds is 5. The Morgan fingerprint density at radius 3 is 2.55 bits per heavy atom. The molecule has 2 rings (SSSR count). The Morgan fingerprint density at radius 1 is 1.35 bits per heavy atom. The fourth-order valence-electron chi connectivity index (χ4n) is 1.86. The molecule has 0 saturated heterocycles. The Balaban J connectivity index is 2.94. The molecule has 0 aliphatic heterocycles. The minimum Gasteiger partial charge on any atom is -0.497 e. The highest BCUT2D eigenvalue weighted by Crippen LogP contribution is 2.40. The predicted molar refractivity (Wildman–Crippen MR) is 82.3 cm³/mol. The van der Waals surface area contributed by atoms with E-state index in [1.807, 2.05) is 0 Å². The second kappa shape index (κ2) is 6.59. The normalized spacial score (nSPS) is 44.9. The van der Waals surface area contributed by atoms with Gasteiger partial charge in [0.25, 0.3) is 0 Å². The van der Waals surface area contributed by atoms with Crippen LogP contribution in [0, 0.1) is 0 Å². The van der Waals surface area contributed by atoms with Gasteiger partial charge in [-0.3, -0.25) is 0 Å². The molecule has 0 heterocycles. The van der Waals surface area contributed by atoms with Crippen LogP contribution in [-0.2, 0) is 0 Å². The van der Waals surface area contributed by atoms with Crippen LogP contribution in [0.3, 0.4) is 0 Å². The smallest absolute Gasteiger partial charge is 0.118 e. The first-order chi connectivity index (χ1) is 15.2. The number of ether oxygens (including phenoxy) is 1. The van der Waals surface area contributed by atoms with Gasteiger partial charge in [-0.1, -0.05) is 31.3 Å². The summed E-state index contributed by atoms with van der Waals surface area (Å²) in [5, 5.41) is 11.8. The maximum Gasteiger partial charge on any atom is 0.118 e. The standard InChI is InChI=1S/C17H27NO2/c1-18(2)13-16(17(19)11-5-4-6-12-17)14-7-9-15(20-3)10-8-14/h7-10,16,19H,4-6,11-13H2,1-3H3/t16-/m1/s1/i3D3,4D2,5D2,6D2,11D2,12D2,13D2. The Labute approximate surface area is 143 Å². The molecule has 0 spiro atoms. The Morgan fingerprint density at radius 2 is 2.00 bits per heavy atom. The molecular weight excluding hydrogens is 250 g/mol. The van der Waals surface area contributed by atoms with E-state index in [1.165, 1.54) is 14.1 Å². The number of methoxy groups -OCH3 is 1. The number of hydrogen-bond acceptors (Lipinski definition) is 3. The molecule has 1 aromatic carbocycles. The molecule has 1 aliphatic rings. The lowest BCUT2D eigenvalue weighted by Gasteiger charge is -2.40. The molecule has 1 aromatic rings. The molecule has 1 N–H and O–H groups in total. The zero-order valence-electron chi connectivity index (χ0n) is 26.2. The third-order valence-electron chi connectivity index (χ3n) is 2.77. The van der Waals surface area contributed by atoms with Gasteiger partial charge >= 0.3 is 0 Å². The molecule has 0 unspecified atom stereocenters. The number of hydrogen-bond donors (Lipinski definition) is 1. The minimum absolute atomic E-state index is 0.221. The highest BCUT2D eigenvalue weighted by atomic mass is 16.5. The van der Waals surface area contributed by atoms with Crippen LogP contribution in [0.25, 0.3) is 0 Å². The molecule has 20 heavy (non-hydrogen) atoms. The van der Waals surface area contributed by atoms with Crippen LogP contribution < -0.4 is 4.74 Å². The van der Waals surface area contributed by atoms with Crippen molar-refractivity contribution in [1.82, 2.24) is 4.90 Å². The molecule has 112 valence electrons. The number of likely N-dealkylation sites (N-methyl/N-ethyl adjacent to an activating group) is 1. The Bertz CT molecular complexity index is 910. The van der Waals surface area contributed by atoms with Gasteiger partial charge in [-0.15, -0.1) is 0 Å². The largest absolute Gasteiger partial charge is 0.497 e. The molecule has 1 atom stereocenters. The highest BCUT2D eigenvalue weighted by Gasteiger charge is 2.38. The zero-order valence-corrected chi connectivity index (χ0v) is 11.2. The third-order valence-corrected chi connectivity index (χ3v) is 2.77. The van der Waals surface area contributed by atoms with Gasteiger partial charge in [0, 0.05) is 28.9 Å². The van der Waals surface area contributed by atoms with Crippen molar-refractivity contribution in [3.8, 4) is 5.75 Å². The highest BCUT2D eigenvalue weighted by molar-refractivity contribution is 5.31. The summed E-state index contributed by atoms with van der Waals surface area (Å²) in [5.74, 6) is -2.57. The van der Waals surface area contributed by atoms with Crippen LogP contribution in [0.15, 0.2) is 24.3 Å². The molecule has 3 heteroatoms.